The molecule has 4 atom stereocenters. The van der Waals surface area contributed by atoms with Gasteiger partial charge in [0, 0.05) is 25.7 Å². The summed E-state index contributed by atoms with van der Waals surface area (Å²) in [6.45, 7) is 7.35. The van der Waals surface area contributed by atoms with Gasteiger partial charge < -0.3 is 28.5 Å². The Labute approximate surface area is 201 Å². The third kappa shape index (κ3) is 5.60. The van der Waals surface area contributed by atoms with E-state index in [-0.39, 0.29) is 31.0 Å². The van der Waals surface area contributed by atoms with Crippen molar-refractivity contribution in [2.24, 2.45) is 0 Å². The van der Waals surface area contributed by atoms with Crippen molar-refractivity contribution in [3.8, 4) is 0 Å². The van der Waals surface area contributed by atoms with Crippen molar-refractivity contribution >= 4 is 8.32 Å². The predicted molar refractivity (Wildman–Crippen MR) is 130 cm³/mol. The Hall–Kier alpha value is -0.283. The first kappa shape index (κ1) is 25.8. The Morgan fingerprint density at radius 2 is 1.48 bits per heavy atom. The molecule has 0 aromatic carbocycles. The lowest BCUT2D eigenvalue weighted by Gasteiger charge is -2.40. The van der Waals surface area contributed by atoms with Crippen LogP contribution < -0.4 is 0 Å². The van der Waals surface area contributed by atoms with Gasteiger partial charge in [0.15, 0.2) is 19.9 Å². The highest BCUT2D eigenvalue weighted by atomic mass is 28.4. The monoisotopic (exact) mass is 482 g/mol. The molecule has 0 unspecified atom stereocenters. The highest BCUT2D eigenvalue weighted by Crippen LogP contribution is 2.46. The van der Waals surface area contributed by atoms with Crippen LogP contribution in [0.25, 0.3) is 0 Å². The molecule has 190 valence electrons. The van der Waals surface area contributed by atoms with Crippen molar-refractivity contribution in [1.82, 2.24) is 0 Å². The van der Waals surface area contributed by atoms with Crippen LogP contribution in [-0.2, 0) is 23.4 Å². The van der Waals surface area contributed by atoms with Crippen molar-refractivity contribution in [3.63, 3.8) is 0 Å². The fourth-order valence-corrected chi connectivity index (χ4v) is 9.18. The molecule has 2 saturated heterocycles. The molecule has 4 rings (SSSR count). The van der Waals surface area contributed by atoms with Gasteiger partial charge >= 0.3 is 0 Å². The van der Waals surface area contributed by atoms with E-state index in [9.17, 15) is 5.11 Å². The molecule has 2 saturated carbocycles. The van der Waals surface area contributed by atoms with E-state index in [1.165, 1.54) is 12.8 Å². The molecular weight excluding hydrogens is 436 g/mol. The van der Waals surface area contributed by atoms with Crippen molar-refractivity contribution in [1.29, 1.82) is 0 Å². The number of aliphatic hydroxyl groups excluding tert-OH is 1. The van der Waals surface area contributed by atoms with Gasteiger partial charge in [-0.3, -0.25) is 0 Å². The Morgan fingerprint density at radius 3 is 2.06 bits per heavy atom. The number of aliphatic hydroxyl groups is 1. The smallest absolute Gasteiger partial charge is 0.192 e. The van der Waals surface area contributed by atoms with Crippen molar-refractivity contribution in [3.05, 3.63) is 12.2 Å². The van der Waals surface area contributed by atoms with E-state index in [0.29, 0.717) is 6.61 Å². The Morgan fingerprint density at radius 1 is 0.879 bits per heavy atom. The predicted octanol–water partition coefficient (Wildman–Crippen LogP) is 5.45. The van der Waals surface area contributed by atoms with Gasteiger partial charge in [-0.25, -0.2) is 0 Å². The maximum absolute atomic E-state index is 9.48. The molecule has 4 fully saturated rings. The second kappa shape index (κ2) is 11.2. The highest BCUT2D eigenvalue weighted by Gasteiger charge is 2.56. The molecule has 7 heteroatoms. The summed E-state index contributed by atoms with van der Waals surface area (Å²) in [5, 5.41) is 9.48. The minimum Gasteiger partial charge on any atom is -0.408 e. The zero-order chi connectivity index (χ0) is 23.4. The van der Waals surface area contributed by atoms with Crippen LogP contribution >= 0.6 is 0 Å². The molecule has 2 spiro atoms. The van der Waals surface area contributed by atoms with Gasteiger partial charge in [-0.15, -0.1) is 0 Å². The quantitative estimate of drug-likeness (QED) is 0.348. The Bertz CT molecular complexity index is 630. The first-order valence-corrected chi connectivity index (χ1v) is 16.2. The third-order valence-corrected chi connectivity index (χ3v) is 13.2. The van der Waals surface area contributed by atoms with E-state index in [4.69, 9.17) is 23.4 Å². The van der Waals surface area contributed by atoms with Crippen LogP contribution in [0.2, 0.25) is 18.1 Å². The molecule has 6 nitrogen and oxygen atoms in total. The lowest BCUT2D eigenvalue weighted by atomic mass is 9.94. The van der Waals surface area contributed by atoms with E-state index < -0.39 is 19.9 Å². The summed E-state index contributed by atoms with van der Waals surface area (Å²) in [5.74, 6) is -0.982. The van der Waals surface area contributed by atoms with Crippen molar-refractivity contribution in [2.45, 2.75) is 139 Å². The van der Waals surface area contributed by atoms with E-state index in [0.717, 1.165) is 69.5 Å². The molecule has 0 bridgehead atoms. The molecule has 2 heterocycles. The van der Waals surface area contributed by atoms with Crippen LogP contribution in [0.1, 0.15) is 85.0 Å². The molecule has 2 aliphatic carbocycles. The first-order valence-electron chi connectivity index (χ1n) is 13.6. The van der Waals surface area contributed by atoms with E-state index in [1.807, 2.05) is 6.08 Å². The van der Waals surface area contributed by atoms with Crippen LogP contribution in [0, 0.1) is 0 Å². The summed E-state index contributed by atoms with van der Waals surface area (Å²) in [5.41, 5.74) is 0. The Balaban J connectivity index is 1.62. The van der Waals surface area contributed by atoms with Crippen molar-refractivity contribution < 1.29 is 28.5 Å². The van der Waals surface area contributed by atoms with Crippen LogP contribution in [-0.4, -0.2) is 62.6 Å². The largest absolute Gasteiger partial charge is 0.408 e. The minimum atomic E-state index is -1.94. The molecule has 4 aliphatic rings. The standard InChI is InChI=1S/C26H46O6Si/c1-4-33(5-2,6-3)32-24(22-20-28-25(30-22)15-9-7-10-16-25)23-21(14-13-19-27)29-26(31-23)17-11-8-12-18-26/h13-14,21-24,27H,4-12,15-20H2,1-3H3/b14-13+/t21-,22+,23-,24-/m0/s1. The number of hydrogen-bond acceptors (Lipinski definition) is 6. The average Bonchev–Trinajstić information content (AvgIpc) is 3.41. The number of hydrogen-bond donors (Lipinski definition) is 1. The van der Waals surface area contributed by atoms with E-state index in [2.05, 4.69) is 20.8 Å². The SMILES string of the molecule is CC[Si](CC)(CC)O[C@H]([C@H]1OC2(CCCCC2)O[C@H]1/C=C/CO)[C@H]1COC2(CCCCC2)O1. The molecule has 2 aliphatic heterocycles. The second-order valence-electron chi connectivity index (χ2n) is 10.5. The molecule has 1 N–H and O–H groups in total. The molecule has 33 heavy (non-hydrogen) atoms. The van der Waals surface area contributed by atoms with Gasteiger partial charge in [-0.1, -0.05) is 45.8 Å². The van der Waals surface area contributed by atoms with Crippen molar-refractivity contribution in [2.75, 3.05) is 13.2 Å². The fraction of sp³-hybridized carbons (Fsp3) is 0.923. The van der Waals surface area contributed by atoms with Gasteiger partial charge in [0.1, 0.15) is 24.4 Å². The van der Waals surface area contributed by atoms with Crippen LogP contribution in [0.15, 0.2) is 12.2 Å². The molecule has 0 aromatic heterocycles. The maximum Gasteiger partial charge on any atom is 0.192 e. The van der Waals surface area contributed by atoms with Crippen LogP contribution in [0.5, 0.6) is 0 Å². The fourth-order valence-electron chi connectivity index (χ4n) is 6.32. The maximum atomic E-state index is 9.48. The molecular formula is C26H46O6Si. The van der Waals surface area contributed by atoms with Gasteiger partial charge in [-0.05, 0) is 43.8 Å². The minimum absolute atomic E-state index is 0.00514. The summed E-state index contributed by atoms with van der Waals surface area (Å²) in [6.07, 6.45) is 13.7. The normalized spacial score (nSPS) is 32.8. The van der Waals surface area contributed by atoms with E-state index >= 15 is 0 Å². The summed E-state index contributed by atoms with van der Waals surface area (Å²) >= 11 is 0. The first-order chi connectivity index (χ1) is 16.0. The van der Waals surface area contributed by atoms with Gasteiger partial charge in [0.05, 0.1) is 13.2 Å². The van der Waals surface area contributed by atoms with Crippen LogP contribution in [0.4, 0.5) is 0 Å². The van der Waals surface area contributed by atoms with Gasteiger partial charge in [0.2, 0.25) is 0 Å². The van der Waals surface area contributed by atoms with E-state index in [1.54, 1.807) is 6.08 Å². The van der Waals surface area contributed by atoms with Gasteiger partial charge in [0.25, 0.3) is 0 Å². The number of ether oxygens (including phenoxy) is 4. The van der Waals surface area contributed by atoms with Gasteiger partial charge in [-0.2, -0.15) is 0 Å². The highest BCUT2D eigenvalue weighted by molar-refractivity contribution is 6.73. The van der Waals surface area contributed by atoms with Crippen LogP contribution in [0.3, 0.4) is 0 Å². The topological polar surface area (TPSA) is 66.4 Å². The number of rotatable bonds is 9. The lowest BCUT2D eigenvalue weighted by Crippen LogP contribution is -2.53. The zero-order valence-electron chi connectivity index (χ0n) is 21.1. The molecule has 0 amide bonds. The summed E-state index contributed by atoms with van der Waals surface area (Å²) < 4.78 is 33.7. The summed E-state index contributed by atoms with van der Waals surface area (Å²) in [7, 11) is -1.94. The third-order valence-electron chi connectivity index (χ3n) is 8.57. The second-order valence-corrected chi connectivity index (χ2v) is 15.2. The molecule has 0 radical (unpaired) electrons. The summed E-state index contributed by atoms with van der Waals surface area (Å²) in [4.78, 5) is 0. The lowest BCUT2D eigenvalue weighted by molar-refractivity contribution is -0.215. The molecule has 0 aromatic rings. The average molecular weight is 483 g/mol. The zero-order valence-corrected chi connectivity index (χ0v) is 22.1. The summed E-state index contributed by atoms with van der Waals surface area (Å²) in [6, 6.07) is 3.22. The Kier molecular flexibility index (Phi) is 8.75.